The van der Waals surface area contributed by atoms with Crippen molar-refractivity contribution in [3.63, 3.8) is 0 Å². The fourth-order valence-electron chi connectivity index (χ4n) is 1.85. The van der Waals surface area contributed by atoms with Crippen LogP contribution in [0.3, 0.4) is 0 Å². The first-order chi connectivity index (χ1) is 8.80. The predicted molar refractivity (Wildman–Crippen MR) is 75.9 cm³/mol. The number of hydrogen-bond donors (Lipinski definition) is 2. The molecule has 0 aliphatic carbocycles. The van der Waals surface area contributed by atoms with Gasteiger partial charge in [-0.15, -0.1) is 0 Å². The Morgan fingerprint density at radius 1 is 1.37 bits per heavy atom. The van der Waals surface area contributed by atoms with Crippen LogP contribution < -0.4 is 10.1 Å². The summed E-state index contributed by atoms with van der Waals surface area (Å²) in [5.41, 5.74) is 2.48. The normalized spacial score (nSPS) is 13.9. The predicted octanol–water partition coefficient (Wildman–Crippen LogP) is 2.44. The van der Waals surface area contributed by atoms with E-state index in [-0.39, 0.29) is 0 Å². The molecule has 1 unspecified atom stereocenters. The first-order valence-corrected chi connectivity index (χ1v) is 6.43. The lowest BCUT2D eigenvalue weighted by Crippen LogP contribution is -2.48. The zero-order chi connectivity index (χ0) is 14.6. The standard InChI is InChI=1S/C15H23NO3/c1-10-8-11(2)12(3)13(9-10)19-7-6-15(4,16-5)14(17)18/h8-9,16H,6-7H2,1-5H3,(H,17,18). The number of carbonyl (C=O) groups is 1. The first kappa shape index (κ1) is 15.5. The lowest BCUT2D eigenvalue weighted by atomic mass is 9.99. The van der Waals surface area contributed by atoms with Gasteiger partial charge >= 0.3 is 5.97 Å². The number of benzene rings is 1. The molecular weight excluding hydrogens is 242 g/mol. The molecule has 0 aromatic heterocycles. The van der Waals surface area contributed by atoms with Gasteiger partial charge in [-0.2, -0.15) is 0 Å². The van der Waals surface area contributed by atoms with Crippen LogP contribution in [0.15, 0.2) is 12.1 Å². The Morgan fingerprint density at radius 3 is 2.53 bits per heavy atom. The van der Waals surface area contributed by atoms with E-state index in [0.717, 1.165) is 16.9 Å². The molecule has 0 spiro atoms. The SMILES string of the molecule is CNC(C)(CCOc1cc(C)cc(C)c1C)C(=O)O. The number of aryl methyl sites for hydroxylation is 2. The molecule has 4 nitrogen and oxygen atoms in total. The quantitative estimate of drug-likeness (QED) is 0.829. The molecule has 1 rings (SSSR count). The number of hydrogen-bond acceptors (Lipinski definition) is 3. The molecule has 0 radical (unpaired) electrons. The first-order valence-electron chi connectivity index (χ1n) is 6.43. The fourth-order valence-corrected chi connectivity index (χ4v) is 1.85. The average Bonchev–Trinajstić information content (AvgIpc) is 2.34. The minimum Gasteiger partial charge on any atom is -0.493 e. The highest BCUT2D eigenvalue weighted by atomic mass is 16.5. The minimum atomic E-state index is -0.952. The van der Waals surface area contributed by atoms with E-state index >= 15 is 0 Å². The summed E-state index contributed by atoms with van der Waals surface area (Å²) in [5.74, 6) is -0.0305. The lowest BCUT2D eigenvalue weighted by molar-refractivity contribution is -0.144. The van der Waals surface area contributed by atoms with Crippen molar-refractivity contribution in [3.8, 4) is 5.75 Å². The number of nitrogens with one attached hydrogen (secondary N) is 1. The Balaban J connectivity index is 2.71. The number of ether oxygens (including phenoxy) is 1. The van der Waals surface area contributed by atoms with Crippen LogP contribution in [0.4, 0.5) is 0 Å². The maximum absolute atomic E-state index is 11.2. The van der Waals surface area contributed by atoms with Gasteiger partial charge in [0.2, 0.25) is 0 Å². The molecule has 0 saturated heterocycles. The Bertz CT molecular complexity index is 471. The van der Waals surface area contributed by atoms with Gasteiger partial charge in [0.05, 0.1) is 6.61 Å². The summed E-state index contributed by atoms with van der Waals surface area (Å²) >= 11 is 0. The van der Waals surface area contributed by atoms with Gasteiger partial charge in [0.25, 0.3) is 0 Å². The zero-order valence-corrected chi connectivity index (χ0v) is 12.3. The van der Waals surface area contributed by atoms with Crippen molar-refractivity contribution < 1.29 is 14.6 Å². The summed E-state index contributed by atoms with van der Waals surface area (Å²) in [6.07, 6.45) is 0.408. The van der Waals surface area contributed by atoms with Gasteiger partial charge in [-0.3, -0.25) is 4.79 Å². The van der Waals surface area contributed by atoms with Crippen molar-refractivity contribution in [2.24, 2.45) is 0 Å². The maximum atomic E-state index is 11.2. The summed E-state index contributed by atoms with van der Waals surface area (Å²) in [5, 5.41) is 12.0. The average molecular weight is 265 g/mol. The molecule has 0 amide bonds. The van der Waals surface area contributed by atoms with Crippen molar-refractivity contribution in [2.45, 2.75) is 39.7 Å². The minimum absolute atomic E-state index is 0.368. The number of rotatable bonds is 6. The van der Waals surface area contributed by atoms with E-state index in [1.165, 1.54) is 5.56 Å². The van der Waals surface area contributed by atoms with Gasteiger partial charge in [-0.1, -0.05) is 6.07 Å². The summed E-state index contributed by atoms with van der Waals surface area (Å²) in [7, 11) is 1.65. The largest absolute Gasteiger partial charge is 0.493 e. The van der Waals surface area contributed by atoms with E-state index in [1.807, 2.05) is 26.8 Å². The Labute approximate surface area is 114 Å². The van der Waals surface area contributed by atoms with Crippen molar-refractivity contribution in [1.82, 2.24) is 5.32 Å². The summed E-state index contributed by atoms with van der Waals surface area (Å²) in [6.45, 7) is 8.11. The van der Waals surface area contributed by atoms with Gasteiger partial charge in [0.1, 0.15) is 11.3 Å². The Kier molecular flexibility index (Phi) is 4.95. The van der Waals surface area contributed by atoms with Gasteiger partial charge in [0.15, 0.2) is 0 Å². The molecule has 19 heavy (non-hydrogen) atoms. The molecule has 1 atom stereocenters. The second-order valence-corrected chi connectivity index (χ2v) is 5.19. The molecule has 0 aliphatic heterocycles. The molecule has 4 heteroatoms. The molecule has 106 valence electrons. The van der Waals surface area contributed by atoms with Crippen molar-refractivity contribution in [2.75, 3.05) is 13.7 Å². The van der Waals surface area contributed by atoms with Crippen LogP contribution >= 0.6 is 0 Å². The zero-order valence-electron chi connectivity index (χ0n) is 12.3. The second-order valence-electron chi connectivity index (χ2n) is 5.19. The molecule has 1 aromatic carbocycles. The van der Waals surface area contributed by atoms with E-state index in [9.17, 15) is 4.79 Å². The summed E-state index contributed by atoms with van der Waals surface area (Å²) in [4.78, 5) is 11.2. The van der Waals surface area contributed by atoms with Crippen molar-refractivity contribution >= 4 is 5.97 Å². The van der Waals surface area contributed by atoms with Crippen LogP contribution in [0.5, 0.6) is 5.75 Å². The third kappa shape index (κ3) is 3.70. The lowest BCUT2D eigenvalue weighted by Gasteiger charge is -2.24. The highest BCUT2D eigenvalue weighted by Gasteiger charge is 2.30. The Hall–Kier alpha value is -1.55. The van der Waals surface area contributed by atoms with Crippen LogP contribution in [0, 0.1) is 20.8 Å². The molecule has 0 bridgehead atoms. The van der Waals surface area contributed by atoms with Crippen molar-refractivity contribution in [3.05, 3.63) is 28.8 Å². The fraction of sp³-hybridized carbons (Fsp3) is 0.533. The van der Waals surface area contributed by atoms with Crippen LogP contribution in [0.1, 0.15) is 30.0 Å². The summed E-state index contributed by atoms with van der Waals surface area (Å²) < 4.78 is 5.74. The number of carboxylic acid groups (broad SMARTS) is 1. The van der Waals surface area contributed by atoms with E-state index in [0.29, 0.717) is 13.0 Å². The van der Waals surface area contributed by atoms with Crippen LogP contribution in [0.25, 0.3) is 0 Å². The van der Waals surface area contributed by atoms with E-state index in [4.69, 9.17) is 9.84 Å². The molecule has 2 N–H and O–H groups in total. The maximum Gasteiger partial charge on any atom is 0.323 e. The van der Waals surface area contributed by atoms with Crippen LogP contribution in [-0.2, 0) is 4.79 Å². The topological polar surface area (TPSA) is 58.6 Å². The van der Waals surface area contributed by atoms with Crippen LogP contribution in [0.2, 0.25) is 0 Å². The summed E-state index contributed by atoms with van der Waals surface area (Å²) in [6, 6.07) is 4.09. The molecule has 0 heterocycles. The molecule has 1 aromatic rings. The third-order valence-electron chi connectivity index (χ3n) is 3.65. The van der Waals surface area contributed by atoms with Gasteiger partial charge < -0.3 is 15.2 Å². The van der Waals surface area contributed by atoms with E-state index in [1.54, 1.807) is 14.0 Å². The molecule has 0 saturated carbocycles. The van der Waals surface area contributed by atoms with Crippen molar-refractivity contribution in [1.29, 1.82) is 0 Å². The van der Waals surface area contributed by atoms with Gasteiger partial charge in [0, 0.05) is 6.42 Å². The molecule has 0 aliphatic rings. The van der Waals surface area contributed by atoms with Crippen LogP contribution in [-0.4, -0.2) is 30.3 Å². The molecule has 0 fully saturated rings. The number of aliphatic carboxylic acids is 1. The Morgan fingerprint density at radius 2 is 2.00 bits per heavy atom. The van der Waals surface area contributed by atoms with Gasteiger partial charge in [-0.25, -0.2) is 0 Å². The smallest absolute Gasteiger partial charge is 0.323 e. The second kappa shape index (κ2) is 6.06. The third-order valence-corrected chi connectivity index (χ3v) is 3.65. The monoisotopic (exact) mass is 265 g/mol. The van der Waals surface area contributed by atoms with E-state index < -0.39 is 11.5 Å². The molecular formula is C15H23NO3. The highest BCUT2D eigenvalue weighted by molar-refractivity contribution is 5.78. The highest BCUT2D eigenvalue weighted by Crippen LogP contribution is 2.24. The van der Waals surface area contributed by atoms with Gasteiger partial charge in [-0.05, 0) is 57.5 Å². The van der Waals surface area contributed by atoms with E-state index in [2.05, 4.69) is 11.4 Å². The number of carboxylic acids is 1. The number of likely N-dealkylation sites (N-methyl/N-ethyl adjacent to an activating group) is 1.